The van der Waals surface area contributed by atoms with Gasteiger partial charge in [-0.15, -0.1) is 0 Å². The van der Waals surface area contributed by atoms with Crippen molar-refractivity contribution in [3.8, 4) is 5.69 Å². The van der Waals surface area contributed by atoms with Gasteiger partial charge in [-0.2, -0.15) is 0 Å². The topological polar surface area (TPSA) is 76.0 Å². The molecule has 3 aromatic rings. The second-order valence-electron chi connectivity index (χ2n) is 7.29. The van der Waals surface area contributed by atoms with Crippen LogP contribution in [0, 0.1) is 6.92 Å². The quantitative estimate of drug-likeness (QED) is 0.370. The maximum Gasteiger partial charge on any atom is 0.251 e. The molecule has 0 spiro atoms. The number of amides is 2. The van der Waals surface area contributed by atoms with Gasteiger partial charge in [0.15, 0.2) is 5.16 Å². The summed E-state index contributed by atoms with van der Waals surface area (Å²) >= 11 is 1.38. The molecule has 2 amide bonds. The fraction of sp³-hybridized carbons (Fsp3) is 0.292. The van der Waals surface area contributed by atoms with Gasteiger partial charge in [-0.3, -0.25) is 14.2 Å². The predicted molar refractivity (Wildman–Crippen MR) is 125 cm³/mol. The number of nitrogens with one attached hydrogen (secondary N) is 2. The number of thioether (sulfide) groups is 1. The molecule has 0 bridgehead atoms. The van der Waals surface area contributed by atoms with E-state index >= 15 is 0 Å². The zero-order valence-corrected chi connectivity index (χ0v) is 18.7. The molecule has 0 saturated heterocycles. The number of carbonyl (C=O) groups excluding carboxylic acids is 2. The van der Waals surface area contributed by atoms with Gasteiger partial charge in [0.05, 0.1) is 5.75 Å². The average Bonchev–Trinajstić information content (AvgIpc) is 3.26. The molecule has 0 fully saturated rings. The number of imidazole rings is 1. The van der Waals surface area contributed by atoms with E-state index in [9.17, 15) is 9.59 Å². The fourth-order valence-electron chi connectivity index (χ4n) is 2.97. The Morgan fingerprint density at radius 1 is 1.10 bits per heavy atom. The molecule has 0 aliphatic rings. The lowest BCUT2D eigenvalue weighted by Gasteiger charge is -2.10. The molecule has 0 unspecified atom stereocenters. The van der Waals surface area contributed by atoms with Crippen LogP contribution in [0.15, 0.2) is 66.1 Å². The number of hydrogen-bond acceptors (Lipinski definition) is 4. The first-order valence-corrected chi connectivity index (χ1v) is 11.4. The molecule has 162 valence electrons. The summed E-state index contributed by atoms with van der Waals surface area (Å²) in [6.07, 6.45) is 5.55. The third kappa shape index (κ3) is 6.72. The first-order chi connectivity index (χ1) is 15.1. The minimum Gasteiger partial charge on any atom is -0.355 e. The second-order valence-corrected chi connectivity index (χ2v) is 8.23. The highest BCUT2D eigenvalue weighted by atomic mass is 32.2. The molecule has 2 N–H and O–H groups in total. The Balaban J connectivity index is 1.62. The van der Waals surface area contributed by atoms with Crippen LogP contribution in [-0.4, -0.2) is 33.7 Å². The average molecular weight is 437 g/mol. The van der Waals surface area contributed by atoms with E-state index in [4.69, 9.17) is 0 Å². The summed E-state index contributed by atoms with van der Waals surface area (Å²) in [7, 11) is 0. The zero-order valence-electron chi connectivity index (χ0n) is 17.9. The molecular formula is C24H28N4O2S. The van der Waals surface area contributed by atoms with Crippen molar-refractivity contribution in [1.29, 1.82) is 0 Å². The van der Waals surface area contributed by atoms with Gasteiger partial charge in [0.25, 0.3) is 5.91 Å². The summed E-state index contributed by atoms with van der Waals surface area (Å²) in [5.41, 5.74) is 3.65. The molecule has 6 nitrogen and oxygen atoms in total. The van der Waals surface area contributed by atoms with Gasteiger partial charge in [-0.25, -0.2) is 4.98 Å². The van der Waals surface area contributed by atoms with E-state index in [1.54, 1.807) is 12.3 Å². The van der Waals surface area contributed by atoms with Gasteiger partial charge in [0.2, 0.25) is 5.91 Å². The van der Waals surface area contributed by atoms with Crippen molar-refractivity contribution in [2.75, 3.05) is 12.3 Å². The summed E-state index contributed by atoms with van der Waals surface area (Å²) in [5, 5.41) is 6.59. The van der Waals surface area contributed by atoms with E-state index in [1.165, 1.54) is 17.3 Å². The first kappa shape index (κ1) is 22.6. The number of hydrogen-bond donors (Lipinski definition) is 2. The Morgan fingerprint density at radius 3 is 2.68 bits per heavy atom. The SMILES string of the molecule is CCCCNC(=O)CSc1nccn1-c1cccc(C(=O)NCc2ccc(C)cc2)c1. The molecule has 0 aliphatic carbocycles. The molecule has 0 aliphatic heterocycles. The van der Waals surface area contributed by atoms with Crippen LogP contribution in [0.3, 0.4) is 0 Å². The smallest absolute Gasteiger partial charge is 0.251 e. The predicted octanol–water partition coefficient (Wildman–Crippen LogP) is 4.12. The van der Waals surface area contributed by atoms with Crippen molar-refractivity contribution in [1.82, 2.24) is 20.2 Å². The molecule has 2 aromatic carbocycles. The van der Waals surface area contributed by atoms with Crippen LogP contribution in [0.1, 0.15) is 41.3 Å². The molecule has 3 rings (SSSR count). The van der Waals surface area contributed by atoms with Crippen molar-refractivity contribution in [3.63, 3.8) is 0 Å². The van der Waals surface area contributed by atoms with Crippen LogP contribution in [0.5, 0.6) is 0 Å². The minimum absolute atomic E-state index is 0.00256. The van der Waals surface area contributed by atoms with Crippen molar-refractivity contribution < 1.29 is 9.59 Å². The second kappa shape index (κ2) is 11.4. The van der Waals surface area contributed by atoms with Crippen LogP contribution in [0.25, 0.3) is 5.69 Å². The van der Waals surface area contributed by atoms with E-state index in [0.29, 0.717) is 29.6 Å². The van der Waals surface area contributed by atoms with Crippen molar-refractivity contribution >= 4 is 23.6 Å². The van der Waals surface area contributed by atoms with E-state index in [-0.39, 0.29) is 11.8 Å². The number of benzene rings is 2. The number of rotatable bonds is 10. The molecule has 1 aromatic heterocycles. The Hall–Kier alpha value is -3.06. The monoisotopic (exact) mass is 436 g/mol. The lowest BCUT2D eigenvalue weighted by atomic mass is 10.1. The lowest BCUT2D eigenvalue weighted by Crippen LogP contribution is -2.26. The van der Waals surface area contributed by atoms with Gasteiger partial charge < -0.3 is 10.6 Å². The fourth-order valence-corrected chi connectivity index (χ4v) is 3.77. The Kier molecular flexibility index (Phi) is 8.29. The van der Waals surface area contributed by atoms with Gasteiger partial charge in [0, 0.05) is 36.7 Å². The van der Waals surface area contributed by atoms with Crippen LogP contribution >= 0.6 is 11.8 Å². The number of aromatic nitrogens is 2. The molecular weight excluding hydrogens is 408 g/mol. The van der Waals surface area contributed by atoms with Crippen LogP contribution in [0.4, 0.5) is 0 Å². The van der Waals surface area contributed by atoms with E-state index in [0.717, 1.165) is 24.1 Å². The van der Waals surface area contributed by atoms with Gasteiger partial charge in [-0.05, 0) is 37.1 Å². The third-order valence-corrected chi connectivity index (χ3v) is 5.72. The number of unbranched alkanes of at least 4 members (excludes halogenated alkanes) is 1. The maximum absolute atomic E-state index is 12.6. The standard InChI is InChI=1S/C24H28N4O2S/c1-3-4-12-25-22(29)17-31-24-26-13-14-28(24)21-7-5-6-20(15-21)23(30)27-16-19-10-8-18(2)9-11-19/h5-11,13-15H,3-4,12,16-17H2,1-2H3,(H,25,29)(H,27,30). The highest BCUT2D eigenvalue weighted by Crippen LogP contribution is 2.21. The third-order valence-electron chi connectivity index (χ3n) is 4.75. The van der Waals surface area contributed by atoms with Gasteiger partial charge in [-0.1, -0.05) is 61.0 Å². The Morgan fingerprint density at radius 2 is 1.90 bits per heavy atom. The highest BCUT2D eigenvalue weighted by molar-refractivity contribution is 7.99. The number of nitrogens with zero attached hydrogens (tertiary/aromatic N) is 2. The molecule has 0 saturated carbocycles. The minimum atomic E-state index is -0.132. The van der Waals surface area contributed by atoms with E-state index < -0.39 is 0 Å². The summed E-state index contributed by atoms with van der Waals surface area (Å²) in [5.74, 6) is 0.168. The maximum atomic E-state index is 12.6. The van der Waals surface area contributed by atoms with Gasteiger partial charge in [0.1, 0.15) is 0 Å². The van der Waals surface area contributed by atoms with Crippen molar-refractivity contribution in [2.24, 2.45) is 0 Å². The highest BCUT2D eigenvalue weighted by Gasteiger charge is 2.11. The van der Waals surface area contributed by atoms with E-state index in [1.807, 2.05) is 60.2 Å². The molecule has 31 heavy (non-hydrogen) atoms. The van der Waals surface area contributed by atoms with Crippen LogP contribution in [-0.2, 0) is 11.3 Å². The number of aryl methyl sites for hydroxylation is 1. The largest absolute Gasteiger partial charge is 0.355 e. The summed E-state index contributed by atoms with van der Waals surface area (Å²) in [4.78, 5) is 29.0. The molecule has 7 heteroatoms. The summed E-state index contributed by atoms with van der Waals surface area (Å²) < 4.78 is 1.89. The van der Waals surface area contributed by atoms with Crippen LogP contribution in [0.2, 0.25) is 0 Å². The molecule has 1 heterocycles. The van der Waals surface area contributed by atoms with Crippen molar-refractivity contribution in [2.45, 2.75) is 38.4 Å². The molecule has 0 radical (unpaired) electrons. The van der Waals surface area contributed by atoms with E-state index in [2.05, 4.69) is 22.5 Å². The van der Waals surface area contributed by atoms with Crippen molar-refractivity contribution in [3.05, 3.63) is 77.6 Å². The number of carbonyl (C=O) groups is 2. The Bertz CT molecular complexity index is 1010. The first-order valence-electron chi connectivity index (χ1n) is 10.4. The summed E-state index contributed by atoms with van der Waals surface area (Å²) in [6.45, 7) is 5.30. The normalized spacial score (nSPS) is 10.6. The lowest BCUT2D eigenvalue weighted by molar-refractivity contribution is -0.118. The Labute approximate surface area is 187 Å². The van der Waals surface area contributed by atoms with Crippen LogP contribution < -0.4 is 10.6 Å². The summed E-state index contributed by atoms with van der Waals surface area (Å²) in [6, 6.07) is 15.5. The molecule has 0 atom stereocenters. The zero-order chi connectivity index (χ0) is 22.1. The van der Waals surface area contributed by atoms with Gasteiger partial charge >= 0.3 is 0 Å².